The molecule has 0 unspecified atom stereocenters. The van der Waals surface area contributed by atoms with Crippen LogP contribution in [0, 0.1) is 12.3 Å². The largest absolute Gasteiger partial charge is 0.387 e. The average molecular weight is 323 g/mol. The second-order valence-corrected chi connectivity index (χ2v) is 6.61. The number of hydrogen-bond acceptors (Lipinski definition) is 3. The zero-order valence-electron chi connectivity index (χ0n) is 13.9. The molecule has 0 saturated carbocycles. The molecule has 0 spiro atoms. The standard InChI is InChI=1S/C20H21NO3/c1-14-8-10-15(11-9-14)17(22)20(2)12-13-21(19(20)24)18(23)16-6-4-3-5-7-16/h3-11,17,22H,12-13H2,1-2H3/t17-,20+/m0/s1. The highest BCUT2D eigenvalue weighted by Gasteiger charge is 2.50. The van der Waals surface area contributed by atoms with Crippen molar-refractivity contribution in [2.24, 2.45) is 5.41 Å². The predicted octanol–water partition coefficient (Wildman–Crippen LogP) is 3.11. The number of nitrogens with zero attached hydrogens (tertiary/aromatic N) is 1. The molecule has 0 aliphatic carbocycles. The summed E-state index contributed by atoms with van der Waals surface area (Å²) in [6.45, 7) is 4.03. The number of carbonyl (C=O) groups is 2. The monoisotopic (exact) mass is 323 g/mol. The molecule has 4 nitrogen and oxygen atoms in total. The van der Waals surface area contributed by atoms with E-state index in [-0.39, 0.29) is 11.8 Å². The van der Waals surface area contributed by atoms with Gasteiger partial charge in [-0.1, -0.05) is 48.0 Å². The number of aliphatic hydroxyl groups excluding tert-OH is 1. The average Bonchev–Trinajstić information content (AvgIpc) is 2.91. The van der Waals surface area contributed by atoms with Crippen LogP contribution in [0.4, 0.5) is 0 Å². The van der Waals surface area contributed by atoms with Gasteiger partial charge in [0.25, 0.3) is 5.91 Å². The first-order valence-electron chi connectivity index (χ1n) is 8.09. The summed E-state index contributed by atoms with van der Waals surface area (Å²) >= 11 is 0. The number of carbonyl (C=O) groups excluding carboxylic acids is 2. The normalized spacial score (nSPS) is 21.8. The van der Waals surface area contributed by atoms with Gasteiger partial charge in [-0.2, -0.15) is 0 Å². The van der Waals surface area contributed by atoms with Crippen LogP contribution < -0.4 is 0 Å². The van der Waals surface area contributed by atoms with Crippen LogP contribution in [0.25, 0.3) is 0 Å². The fraction of sp³-hybridized carbons (Fsp3) is 0.300. The van der Waals surface area contributed by atoms with Crippen molar-refractivity contribution in [3.8, 4) is 0 Å². The van der Waals surface area contributed by atoms with E-state index in [4.69, 9.17) is 0 Å². The van der Waals surface area contributed by atoms with E-state index in [0.717, 1.165) is 5.56 Å². The van der Waals surface area contributed by atoms with Crippen LogP contribution in [0.5, 0.6) is 0 Å². The van der Waals surface area contributed by atoms with Gasteiger partial charge in [-0.15, -0.1) is 0 Å². The lowest BCUT2D eigenvalue weighted by Crippen LogP contribution is -2.40. The molecule has 2 amide bonds. The van der Waals surface area contributed by atoms with Crippen molar-refractivity contribution in [2.45, 2.75) is 26.4 Å². The molecule has 0 aromatic heterocycles. The molecule has 0 radical (unpaired) electrons. The van der Waals surface area contributed by atoms with Crippen LogP contribution in [0.3, 0.4) is 0 Å². The minimum absolute atomic E-state index is 0.305. The van der Waals surface area contributed by atoms with E-state index in [1.807, 2.05) is 37.3 Å². The van der Waals surface area contributed by atoms with Crippen molar-refractivity contribution < 1.29 is 14.7 Å². The third kappa shape index (κ3) is 2.74. The molecular weight excluding hydrogens is 302 g/mol. The molecule has 0 bridgehead atoms. The first-order valence-corrected chi connectivity index (χ1v) is 8.09. The zero-order chi connectivity index (χ0) is 17.3. The molecule has 2 aromatic carbocycles. The predicted molar refractivity (Wildman–Crippen MR) is 91.3 cm³/mol. The van der Waals surface area contributed by atoms with Crippen molar-refractivity contribution in [3.05, 3.63) is 71.3 Å². The van der Waals surface area contributed by atoms with Gasteiger partial charge in [-0.3, -0.25) is 14.5 Å². The molecule has 1 saturated heterocycles. The summed E-state index contributed by atoms with van der Waals surface area (Å²) in [5, 5.41) is 10.8. The van der Waals surface area contributed by atoms with Gasteiger partial charge < -0.3 is 5.11 Å². The molecule has 2 atom stereocenters. The van der Waals surface area contributed by atoms with E-state index in [2.05, 4.69) is 0 Å². The molecule has 2 aromatic rings. The number of rotatable bonds is 3. The lowest BCUT2D eigenvalue weighted by Gasteiger charge is -2.28. The van der Waals surface area contributed by atoms with Crippen molar-refractivity contribution in [1.29, 1.82) is 0 Å². The Hall–Kier alpha value is -2.46. The second kappa shape index (κ2) is 6.21. The highest BCUT2D eigenvalue weighted by Crippen LogP contribution is 2.43. The van der Waals surface area contributed by atoms with Crippen LogP contribution in [-0.2, 0) is 4.79 Å². The van der Waals surface area contributed by atoms with Crippen LogP contribution in [0.15, 0.2) is 54.6 Å². The van der Waals surface area contributed by atoms with Gasteiger partial charge in [-0.25, -0.2) is 0 Å². The Morgan fingerprint density at radius 3 is 2.38 bits per heavy atom. The zero-order valence-corrected chi connectivity index (χ0v) is 13.9. The van der Waals surface area contributed by atoms with Crippen molar-refractivity contribution >= 4 is 11.8 Å². The molecule has 1 fully saturated rings. The summed E-state index contributed by atoms with van der Waals surface area (Å²) in [5.74, 6) is -0.621. The van der Waals surface area contributed by atoms with Gasteiger partial charge >= 0.3 is 0 Å². The fourth-order valence-corrected chi connectivity index (χ4v) is 3.16. The molecule has 4 heteroatoms. The highest BCUT2D eigenvalue weighted by molar-refractivity contribution is 6.07. The van der Waals surface area contributed by atoms with Gasteiger partial charge in [0.15, 0.2) is 0 Å². The summed E-state index contributed by atoms with van der Waals surface area (Å²) in [6, 6.07) is 16.3. The number of imide groups is 1. The Bertz CT molecular complexity index is 754. The third-order valence-electron chi connectivity index (χ3n) is 4.85. The Kier molecular flexibility index (Phi) is 4.24. The van der Waals surface area contributed by atoms with Crippen molar-refractivity contribution in [2.75, 3.05) is 6.54 Å². The number of benzene rings is 2. The maximum absolute atomic E-state index is 12.9. The van der Waals surface area contributed by atoms with Crippen LogP contribution in [-0.4, -0.2) is 28.4 Å². The molecule has 1 aliphatic heterocycles. The van der Waals surface area contributed by atoms with Gasteiger partial charge in [0.05, 0.1) is 11.5 Å². The lowest BCUT2D eigenvalue weighted by atomic mass is 9.79. The van der Waals surface area contributed by atoms with Crippen LogP contribution in [0.2, 0.25) is 0 Å². The van der Waals surface area contributed by atoms with Crippen molar-refractivity contribution in [3.63, 3.8) is 0 Å². The summed E-state index contributed by atoms with van der Waals surface area (Å²) < 4.78 is 0. The van der Waals surface area contributed by atoms with Gasteiger partial charge in [0.2, 0.25) is 5.91 Å². The third-order valence-corrected chi connectivity index (χ3v) is 4.85. The topological polar surface area (TPSA) is 57.6 Å². The Balaban J connectivity index is 1.84. The highest BCUT2D eigenvalue weighted by atomic mass is 16.3. The minimum Gasteiger partial charge on any atom is -0.387 e. The number of hydrogen-bond donors (Lipinski definition) is 1. The molecular formula is C20H21NO3. The number of aliphatic hydroxyl groups is 1. The first-order chi connectivity index (χ1) is 11.4. The minimum atomic E-state index is -0.986. The Morgan fingerprint density at radius 2 is 1.75 bits per heavy atom. The smallest absolute Gasteiger partial charge is 0.260 e. The molecule has 124 valence electrons. The number of amides is 2. The molecule has 1 aliphatic rings. The SMILES string of the molecule is Cc1ccc([C@H](O)[C@@]2(C)CCN(C(=O)c3ccccc3)C2=O)cc1. The van der Waals surface area contributed by atoms with Crippen LogP contribution in [0.1, 0.15) is 40.9 Å². The summed E-state index contributed by atoms with van der Waals surface area (Å²) in [5.41, 5.74) is 1.29. The first kappa shape index (κ1) is 16.4. The van der Waals surface area contributed by atoms with E-state index < -0.39 is 11.5 Å². The molecule has 3 rings (SSSR count). The molecule has 1 N–H and O–H groups in total. The molecule has 24 heavy (non-hydrogen) atoms. The van der Waals surface area contributed by atoms with E-state index in [0.29, 0.717) is 24.1 Å². The number of likely N-dealkylation sites (tertiary alicyclic amines) is 1. The number of aryl methyl sites for hydroxylation is 1. The van der Waals surface area contributed by atoms with E-state index >= 15 is 0 Å². The Labute approximate surface area is 141 Å². The maximum atomic E-state index is 12.9. The summed E-state index contributed by atoms with van der Waals surface area (Å²) in [4.78, 5) is 26.7. The Morgan fingerprint density at radius 1 is 1.12 bits per heavy atom. The van der Waals surface area contributed by atoms with Gasteiger partial charge in [0.1, 0.15) is 0 Å². The molecule has 1 heterocycles. The fourth-order valence-electron chi connectivity index (χ4n) is 3.16. The second-order valence-electron chi connectivity index (χ2n) is 6.61. The van der Waals surface area contributed by atoms with Gasteiger partial charge in [-0.05, 0) is 38.0 Å². The van der Waals surface area contributed by atoms with Crippen molar-refractivity contribution in [1.82, 2.24) is 4.90 Å². The van der Waals surface area contributed by atoms with E-state index in [1.54, 1.807) is 31.2 Å². The van der Waals surface area contributed by atoms with Gasteiger partial charge in [0, 0.05) is 12.1 Å². The maximum Gasteiger partial charge on any atom is 0.260 e. The van der Waals surface area contributed by atoms with E-state index in [1.165, 1.54) is 4.90 Å². The van der Waals surface area contributed by atoms with E-state index in [9.17, 15) is 14.7 Å². The lowest BCUT2D eigenvalue weighted by molar-refractivity contribution is -0.138. The summed E-state index contributed by atoms with van der Waals surface area (Å²) in [6.07, 6.45) is -0.487. The quantitative estimate of drug-likeness (QED) is 0.883. The van der Waals surface area contributed by atoms with Crippen LogP contribution >= 0.6 is 0 Å². The summed E-state index contributed by atoms with van der Waals surface area (Å²) in [7, 11) is 0.